The third-order valence-corrected chi connectivity index (χ3v) is 3.96. The average molecular weight is 246 g/mol. The first-order valence-corrected chi connectivity index (χ1v) is 6.93. The van der Waals surface area contributed by atoms with Crippen molar-refractivity contribution in [3.63, 3.8) is 0 Å². The van der Waals surface area contributed by atoms with Gasteiger partial charge in [-0.3, -0.25) is 4.79 Å². The molecule has 2 nitrogen and oxygen atoms in total. The second-order valence-electron chi connectivity index (χ2n) is 5.08. The Kier molecular flexibility index (Phi) is 4.40. The van der Waals surface area contributed by atoms with Crippen molar-refractivity contribution in [3.05, 3.63) is 29.3 Å². The van der Waals surface area contributed by atoms with E-state index in [4.69, 9.17) is 4.74 Å². The molecular weight excluding hydrogens is 224 g/mol. The summed E-state index contributed by atoms with van der Waals surface area (Å²) in [6.07, 6.45) is 5.97. The molecule has 0 amide bonds. The number of carbonyl (C=O) groups is 1. The summed E-state index contributed by atoms with van der Waals surface area (Å²) in [4.78, 5) is 11.3. The molecule has 0 saturated carbocycles. The number of hydrogen-bond acceptors (Lipinski definition) is 2. The van der Waals surface area contributed by atoms with E-state index < -0.39 is 0 Å². The largest absolute Gasteiger partial charge is 0.497 e. The molecule has 0 aliphatic heterocycles. The van der Waals surface area contributed by atoms with Crippen molar-refractivity contribution in [1.82, 2.24) is 0 Å². The fourth-order valence-corrected chi connectivity index (χ4v) is 2.82. The van der Waals surface area contributed by atoms with Crippen molar-refractivity contribution in [2.45, 2.75) is 51.4 Å². The summed E-state index contributed by atoms with van der Waals surface area (Å²) in [5.74, 6) is 1.96. The van der Waals surface area contributed by atoms with Gasteiger partial charge in [-0.1, -0.05) is 13.0 Å². The van der Waals surface area contributed by atoms with Crippen LogP contribution >= 0.6 is 0 Å². The van der Waals surface area contributed by atoms with E-state index in [1.807, 2.05) is 13.0 Å². The molecule has 0 N–H and O–H groups in total. The lowest BCUT2D eigenvalue weighted by Gasteiger charge is -2.12. The number of fused-ring (bicyclic) bond motifs is 1. The first-order valence-electron chi connectivity index (χ1n) is 6.93. The number of rotatable bonds is 6. The van der Waals surface area contributed by atoms with Crippen LogP contribution in [0.4, 0.5) is 0 Å². The van der Waals surface area contributed by atoms with Gasteiger partial charge >= 0.3 is 0 Å². The molecule has 0 spiro atoms. The Labute approximate surface area is 109 Å². The number of carbonyl (C=O) groups excluding carboxylic acids is 1. The van der Waals surface area contributed by atoms with Crippen molar-refractivity contribution in [2.75, 3.05) is 7.11 Å². The zero-order valence-corrected chi connectivity index (χ0v) is 11.4. The van der Waals surface area contributed by atoms with E-state index in [1.54, 1.807) is 7.11 Å². The summed E-state index contributed by atoms with van der Waals surface area (Å²) in [5.41, 5.74) is 2.90. The quantitative estimate of drug-likeness (QED) is 0.761. The fourth-order valence-electron chi connectivity index (χ4n) is 2.82. The molecule has 98 valence electrons. The van der Waals surface area contributed by atoms with Gasteiger partial charge in [0.2, 0.25) is 0 Å². The van der Waals surface area contributed by atoms with E-state index in [9.17, 15) is 4.79 Å². The predicted molar refractivity (Wildman–Crippen MR) is 73.2 cm³/mol. The van der Waals surface area contributed by atoms with Gasteiger partial charge in [-0.05, 0) is 54.9 Å². The van der Waals surface area contributed by atoms with Crippen molar-refractivity contribution >= 4 is 5.78 Å². The van der Waals surface area contributed by atoms with Crippen LogP contribution in [0.25, 0.3) is 0 Å². The van der Waals surface area contributed by atoms with E-state index in [2.05, 4.69) is 12.1 Å². The molecule has 2 heteroatoms. The van der Waals surface area contributed by atoms with Gasteiger partial charge in [0.25, 0.3) is 0 Å². The van der Waals surface area contributed by atoms with Crippen molar-refractivity contribution in [3.8, 4) is 5.75 Å². The molecule has 1 aromatic carbocycles. The van der Waals surface area contributed by atoms with E-state index >= 15 is 0 Å². The van der Waals surface area contributed by atoms with Gasteiger partial charge in [-0.25, -0.2) is 0 Å². The Morgan fingerprint density at radius 3 is 3.00 bits per heavy atom. The van der Waals surface area contributed by atoms with Gasteiger partial charge in [-0.15, -0.1) is 0 Å². The molecule has 0 unspecified atom stereocenters. The number of ether oxygens (including phenoxy) is 1. The van der Waals surface area contributed by atoms with Gasteiger partial charge in [0.05, 0.1) is 7.11 Å². The Morgan fingerprint density at radius 1 is 1.44 bits per heavy atom. The molecule has 2 rings (SSSR count). The molecular formula is C16H22O2. The van der Waals surface area contributed by atoms with Crippen molar-refractivity contribution < 1.29 is 9.53 Å². The van der Waals surface area contributed by atoms with Crippen LogP contribution in [-0.4, -0.2) is 12.9 Å². The van der Waals surface area contributed by atoms with Crippen LogP contribution in [0, 0.1) is 0 Å². The summed E-state index contributed by atoms with van der Waals surface area (Å²) in [6.45, 7) is 1.94. The zero-order valence-electron chi connectivity index (χ0n) is 11.4. The van der Waals surface area contributed by atoms with Gasteiger partial charge in [-0.2, -0.15) is 0 Å². The maximum Gasteiger partial charge on any atom is 0.132 e. The van der Waals surface area contributed by atoms with Crippen LogP contribution in [-0.2, 0) is 11.2 Å². The highest BCUT2D eigenvalue weighted by Gasteiger charge is 2.22. The zero-order chi connectivity index (χ0) is 13.0. The van der Waals surface area contributed by atoms with Crippen LogP contribution in [0.5, 0.6) is 5.75 Å². The second-order valence-corrected chi connectivity index (χ2v) is 5.08. The fraction of sp³-hybridized carbons (Fsp3) is 0.562. The summed E-state index contributed by atoms with van der Waals surface area (Å²) < 4.78 is 5.29. The predicted octanol–water partition coefficient (Wildman–Crippen LogP) is 3.87. The standard InChI is InChI=1S/C16H22O2/c1-3-14(17)6-4-5-12-7-8-13-9-10-15(18-2)11-16(12)13/h9-12H,3-8H2,1-2H3/t12-/m0/s1. The Morgan fingerprint density at radius 2 is 2.28 bits per heavy atom. The molecule has 0 bridgehead atoms. The van der Waals surface area contributed by atoms with E-state index in [1.165, 1.54) is 24.0 Å². The number of methoxy groups -OCH3 is 1. The number of Topliss-reactive ketones (excluding diaryl/α,β-unsaturated/α-hetero) is 1. The van der Waals surface area contributed by atoms with Gasteiger partial charge in [0.15, 0.2) is 0 Å². The van der Waals surface area contributed by atoms with E-state index in [0.717, 1.165) is 25.0 Å². The number of hydrogen-bond donors (Lipinski definition) is 0. The van der Waals surface area contributed by atoms with Crippen LogP contribution in [0.2, 0.25) is 0 Å². The normalized spacial score (nSPS) is 17.6. The lowest BCUT2D eigenvalue weighted by molar-refractivity contribution is -0.118. The van der Waals surface area contributed by atoms with Crippen LogP contribution < -0.4 is 4.74 Å². The Bertz CT molecular complexity index is 423. The van der Waals surface area contributed by atoms with E-state index in [-0.39, 0.29) is 0 Å². The average Bonchev–Trinajstić information content (AvgIpc) is 2.81. The maximum absolute atomic E-state index is 11.3. The van der Waals surface area contributed by atoms with Gasteiger partial charge in [0, 0.05) is 12.8 Å². The Balaban J connectivity index is 1.95. The molecule has 0 heterocycles. The van der Waals surface area contributed by atoms with Crippen molar-refractivity contribution in [2.24, 2.45) is 0 Å². The monoisotopic (exact) mass is 246 g/mol. The van der Waals surface area contributed by atoms with Gasteiger partial charge in [0.1, 0.15) is 11.5 Å². The highest BCUT2D eigenvalue weighted by Crippen LogP contribution is 2.38. The lowest BCUT2D eigenvalue weighted by Crippen LogP contribution is -1.99. The highest BCUT2D eigenvalue weighted by molar-refractivity contribution is 5.77. The van der Waals surface area contributed by atoms with Crippen LogP contribution in [0.3, 0.4) is 0 Å². The molecule has 18 heavy (non-hydrogen) atoms. The summed E-state index contributed by atoms with van der Waals surface area (Å²) in [6, 6.07) is 6.40. The molecule has 0 aromatic heterocycles. The summed E-state index contributed by atoms with van der Waals surface area (Å²) in [7, 11) is 1.71. The topological polar surface area (TPSA) is 26.3 Å². The smallest absolute Gasteiger partial charge is 0.132 e. The first kappa shape index (κ1) is 13.1. The van der Waals surface area contributed by atoms with Crippen molar-refractivity contribution in [1.29, 1.82) is 0 Å². The maximum atomic E-state index is 11.3. The Hall–Kier alpha value is -1.31. The third-order valence-electron chi connectivity index (χ3n) is 3.96. The summed E-state index contributed by atoms with van der Waals surface area (Å²) >= 11 is 0. The molecule has 0 radical (unpaired) electrons. The minimum absolute atomic E-state index is 0.388. The lowest BCUT2D eigenvalue weighted by atomic mass is 9.94. The number of ketones is 1. The third kappa shape index (κ3) is 2.92. The van der Waals surface area contributed by atoms with Crippen LogP contribution in [0.1, 0.15) is 56.1 Å². The highest BCUT2D eigenvalue weighted by atomic mass is 16.5. The molecule has 1 aliphatic carbocycles. The van der Waals surface area contributed by atoms with Gasteiger partial charge < -0.3 is 4.74 Å². The molecule has 1 atom stereocenters. The number of benzene rings is 1. The summed E-state index contributed by atoms with van der Waals surface area (Å²) in [5, 5.41) is 0. The molecule has 1 aromatic rings. The molecule has 1 aliphatic rings. The molecule has 0 fully saturated rings. The minimum atomic E-state index is 0.388. The minimum Gasteiger partial charge on any atom is -0.497 e. The number of aryl methyl sites for hydroxylation is 1. The first-order chi connectivity index (χ1) is 8.74. The molecule has 0 saturated heterocycles. The second kappa shape index (κ2) is 6.03. The van der Waals surface area contributed by atoms with Crippen LogP contribution in [0.15, 0.2) is 18.2 Å². The SMILES string of the molecule is CCC(=O)CCC[C@H]1CCc2ccc(OC)cc21. The van der Waals surface area contributed by atoms with E-state index in [0.29, 0.717) is 18.1 Å².